The van der Waals surface area contributed by atoms with Crippen LogP contribution in [0, 0.1) is 0 Å². The molecule has 0 unspecified atom stereocenters. The molecule has 0 aromatic carbocycles. The first-order valence-electron chi connectivity index (χ1n) is 4.06. The zero-order valence-corrected chi connectivity index (χ0v) is 8.88. The molecule has 94 valence electrons. The van der Waals surface area contributed by atoms with Gasteiger partial charge in [-0.3, -0.25) is 14.1 Å². The summed E-state index contributed by atoms with van der Waals surface area (Å²) >= 11 is 0. The van der Waals surface area contributed by atoms with Gasteiger partial charge < -0.3 is 16.6 Å². The highest BCUT2D eigenvalue weighted by atomic mass is 32.3. The third-order valence-electron chi connectivity index (χ3n) is 1.61. The Bertz CT molecular complexity index is 365. The third-order valence-corrected chi connectivity index (χ3v) is 2.10. The lowest BCUT2D eigenvalue weighted by Gasteiger charge is -2.18. The fourth-order valence-electron chi connectivity index (χ4n) is 0.887. The van der Waals surface area contributed by atoms with Gasteiger partial charge in [0.25, 0.3) is 0 Å². The second kappa shape index (κ2) is 5.75. The summed E-state index contributed by atoms with van der Waals surface area (Å²) in [5.74, 6) is -2.31. The molecule has 0 fully saturated rings. The second-order valence-corrected chi connectivity index (χ2v) is 3.98. The molecule has 1 amide bonds. The summed E-state index contributed by atoms with van der Waals surface area (Å²) in [7, 11) is -4.85. The standard InChI is InChI=1S/C6H12N2O7S/c7-4(9)2-1-3(5(8)6(10)11)15-16(12,13)14/h3,5H,1-2,8H2,(H2,7,9)(H,10,11)(H,12,13,14)/t3-,5-/m0/s1. The van der Waals surface area contributed by atoms with Crippen LogP contribution in [0.2, 0.25) is 0 Å². The smallest absolute Gasteiger partial charge is 0.397 e. The van der Waals surface area contributed by atoms with Gasteiger partial charge in [-0.2, -0.15) is 8.42 Å². The Morgan fingerprint density at radius 2 is 1.88 bits per heavy atom. The Hall–Kier alpha value is -1.23. The number of carboxylic acid groups (broad SMARTS) is 1. The number of carbonyl (C=O) groups excluding carboxylic acids is 1. The quantitative estimate of drug-likeness (QED) is 0.373. The van der Waals surface area contributed by atoms with Crippen LogP contribution in [0.3, 0.4) is 0 Å². The lowest BCUT2D eigenvalue weighted by atomic mass is 10.1. The molecule has 6 N–H and O–H groups in total. The van der Waals surface area contributed by atoms with Gasteiger partial charge in [-0.1, -0.05) is 0 Å². The molecule has 0 aliphatic heterocycles. The topological polar surface area (TPSA) is 170 Å². The van der Waals surface area contributed by atoms with Crippen molar-refractivity contribution < 1.29 is 31.8 Å². The predicted molar refractivity (Wildman–Crippen MR) is 50.5 cm³/mol. The first-order chi connectivity index (χ1) is 7.13. The first kappa shape index (κ1) is 14.8. The van der Waals surface area contributed by atoms with E-state index in [1.807, 2.05) is 0 Å². The molecular weight excluding hydrogens is 244 g/mol. The van der Waals surface area contributed by atoms with Crippen LogP contribution in [-0.4, -0.2) is 42.1 Å². The molecule has 0 aromatic rings. The number of carbonyl (C=O) groups is 2. The third kappa shape index (κ3) is 6.29. The zero-order chi connectivity index (χ0) is 12.9. The van der Waals surface area contributed by atoms with E-state index < -0.39 is 34.4 Å². The van der Waals surface area contributed by atoms with E-state index in [0.29, 0.717) is 0 Å². The summed E-state index contributed by atoms with van der Waals surface area (Å²) in [6, 6.07) is -1.69. The Balaban J connectivity index is 4.63. The average Bonchev–Trinajstić information content (AvgIpc) is 2.08. The van der Waals surface area contributed by atoms with Crippen molar-refractivity contribution >= 4 is 22.3 Å². The van der Waals surface area contributed by atoms with Crippen molar-refractivity contribution in [3.8, 4) is 0 Å². The van der Waals surface area contributed by atoms with E-state index in [4.69, 9.17) is 21.1 Å². The molecule has 0 heterocycles. The van der Waals surface area contributed by atoms with Crippen LogP contribution in [0.5, 0.6) is 0 Å². The summed E-state index contributed by atoms with van der Waals surface area (Å²) in [5.41, 5.74) is 9.89. The Morgan fingerprint density at radius 3 is 2.19 bits per heavy atom. The number of hydrogen-bond donors (Lipinski definition) is 4. The lowest BCUT2D eigenvalue weighted by molar-refractivity contribution is -0.141. The molecule has 0 saturated carbocycles. The van der Waals surface area contributed by atoms with Gasteiger partial charge in [0.1, 0.15) is 12.1 Å². The maximum atomic E-state index is 10.5. The molecule has 0 spiro atoms. The van der Waals surface area contributed by atoms with Gasteiger partial charge in [0.15, 0.2) is 0 Å². The maximum Gasteiger partial charge on any atom is 0.397 e. The highest BCUT2D eigenvalue weighted by Gasteiger charge is 2.29. The molecule has 0 rings (SSSR count). The number of primary amides is 1. The number of amides is 1. The molecule has 9 nitrogen and oxygen atoms in total. The fraction of sp³-hybridized carbons (Fsp3) is 0.667. The lowest BCUT2D eigenvalue weighted by Crippen LogP contribution is -2.44. The van der Waals surface area contributed by atoms with Crippen molar-refractivity contribution in [3.63, 3.8) is 0 Å². The molecule has 2 atom stereocenters. The van der Waals surface area contributed by atoms with Gasteiger partial charge in [0.05, 0.1) is 0 Å². The molecule has 0 aliphatic rings. The maximum absolute atomic E-state index is 10.5. The van der Waals surface area contributed by atoms with E-state index in [2.05, 4.69) is 4.18 Å². The number of aliphatic carboxylic acids is 1. The second-order valence-electron chi connectivity index (χ2n) is 2.93. The van der Waals surface area contributed by atoms with E-state index in [-0.39, 0.29) is 12.8 Å². The summed E-state index contributed by atoms with van der Waals surface area (Å²) in [4.78, 5) is 20.9. The van der Waals surface area contributed by atoms with E-state index in [1.165, 1.54) is 0 Å². The molecule has 16 heavy (non-hydrogen) atoms. The van der Waals surface area contributed by atoms with Crippen LogP contribution in [0.1, 0.15) is 12.8 Å². The molecule has 0 bridgehead atoms. The molecule has 0 aromatic heterocycles. The van der Waals surface area contributed by atoms with Gasteiger partial charge in [-0.05, 0) is 6.42 Å². The van der Waals surface area contributed by atoms with E-state index >= 15 is 0 Å². The van der Waals surface area contributed by atoms with Crippen LogP contribution in [0.25, 0.3) is 0 Å². The monoisotopic (exact) mass is 256 g/mol. The Labute approximate surface area is 91.3 Å². The highest BCUT2D eigenvalue weighted by molar-refractivity contribution is 7.80. The fourth-order valence-corrected chi connectivity index (χ4v) is 1.42. The summed E-state index contributed by atoms with van der Waals surface area (Å²) < 4.78 is 33.2. The summed E-state index contributed by atoms with van der Waals surface area (Å²) in [6.45, 7) is 0. The van der Waals surface area contributed by atoms with Gasteiger partial charge in [-0.15, -0.1) is 0 Å². The van der Waals surface area contributed by atoms with Crippen molar-refractivity contribution in [2.45, 2.75) is 25.0 Å². The van der Waals surface area contributed by atoms with E-state index in [0.717, 1.165) is 0 Å². The van der Waals surface area contributed by atoms with Crippen LogP contribution in [0.4, 0.5) is 0 Å². The predicted octanol–water partition coefficient (Wildman–Crippen LogP) is -2.15. The molecule has 0 radical (unpaired) electrons. The van der Waals surface area contributed by atoms with Crippen molar-refractivity contribution in [3.05, 3.63) is 0 Å². The Kier molecular flexibility index (Phi) is 5.30. The normalized spacial score (nSPS) is 15.4. The van der Waals surface area contributed by atoms with Crippen molar-refractivity contribution in [1.29, 1.82) is 0 Å². The SMILES string of the molecule is NC(=O)CC[C@H](OS(=O)(=O)O)[C@H](N)C(=O)O. The molecule has 0 saturated heterocycles. The number of carboxylic acids is 1. The van der Waals surface area contributed by atoms with Crippen LogP contribution in [-0.2, 0) is 24.2 Å². The summed E-state index contributed by atoms with van der Waals surface area (Å²) in [6.07, 6.45) is -2.20. The van der Waals surface area contributed by atoms with Gasteiger partial charge in [-0.25, -0.2) is 4.18 Å². The minimum absolute atomic E-state index is 0.318. The zero-order valence-electron chi connectivity index (χ0n) is 8.07. The summed E-state index contributed by atoms with van der Waals surface area (Å²) in [5, 5.41) is 8.52. The van der Waals surface area contributed by atoms with Gasteiger partial charge >= 0.3 is 16.4 Å². The highest BCUT2D eigenvalue weighted by Crippen LogP contribution is 2.09. The van der Waals surface area contributed by atoms with Crippen molar-refractivity contribution in [2.75, 3.05) is 0 Å². The largest absolute Gasteiger partial charge is 0.480 e. The van der Waals surface area contributed by atoms with Crippen molar-refractivity contribution in [1.82, 2.24) is 0 Å². The van der Waals surface area contributed by atoms with E-state index in [1.54, 1.807) is 0 Å². The van der Waals surface area contributed by atoms with Crippen molar-refractivity contribution in [2.24, 2.45) is 11.5 Å². The number of rotatable bonds is 7. The molecule has 10 heteroatoms. The van der Waals surface area contributed by atoms with Gasteiger partial charge in [0, 0.05) is 6.42 Å². The first-order valence-corrected chi connectivity index (χ1v) is 5.42. The van der Waals surface area contributed by atoms with E-state index in [9.17, 15) is 18.0 Å². The molecular formula is C6H12N2O7S. The Morgan fingerprint density at radius 1 is 1.38 bits per heavy atom. The van der Waals surface area contributed by atoms with Crippen LogP contribution >= 0.6 is 0 Å². The van der Waals surface area contributed by atoms with Crippen LogP contribution < -0.4 is 11.5 Å². The van der Waals surface area contributed by atoms with Crippen LogP contribution in [0.15, 0.2) is 0 Å². The number of hydrogen-bond acceptors (Lipinski definition) is 6. The minimum Gasteiger partial charge on any atom is -0.480 e. The number of nitrogens with two attached hydrogens (primary N) is 2. The molecule has 0 aliphatic carbocycles. The van der Waals surface area contributed by atoms with Gasteiger partial charge in [0.2, 0.25) is 5.91 Å². The minimum atomic E-state index is -4.85. The average molecular weight is 256 g/mol.